The van der Waals surface area contributed by atoms with E-state index in [1.807, 2.05) is 19.2 Å². The second-order valence-electron chi connectivity index (χ2n) is 7.77. The number of carbonyl (C=O) groups excluding carboxylic acids is 1. The van der Waals surface area contributed by atoms with Crippen molar-refractivity contribution in [1.29, 1.82) is 0 Å². The van der Waals surface area contributed by atoms with Crippen LogP contribution in [-0.2, 0) is 0 Å². The summed E-state index contributed by atoms with van der Waals surface area (Å²) in [6, 6.07) is 3.75. The first-order valence-electron chi connectivity index (χ1n) is 9.07. The highest BCUT2D eigenvalue weighted by atomic mass is 16.6. The molecule has 1 N–H and O–H groups in total. The van der Waals surface area contributed by atoms with E-state index in [9.17, 15) is 4.79 Å². The molecular weight excluding hydrogens is 320 g/mol. The number of hydrogen-bond acceptors (Lipinski definition) is 4. The van der Waals surface area contributed by atoms with Gasteiger partial charge in [0.2, 0.25) is 5.75 Å². The minimum Gasteiger partial charge on any atom is -0.493 e. The van der Waals surface area contributed by atoms with E-state index >= 15 is 0 Å². The molecule has 5 rings (SSSR count). The van der Waals surface area contributed by atoms with Gasteiger partial charge in [0.15, 0.2) is 17.2 Å². The van der Waals surface area contributed by atoms with Crippen LogP contribution >= 0.6 is 0 Å². The quantitative estimate of drug-likeness (QED) is 0.912. The summed E-state index contributed by atoms with van der Waals surface area (Å²) in [6.07, 6.45) is 4.58. The average Bonchev–Trinajstić information content (AvgIpc) is 3.49. The molecule has 2 bridgehead atoms. The van der Waals surface area contributed by atoms with Crippen molar-refractivity contribution in [2.24, 2.45) is 17.8 Å². The largest absolute Gasteiger partial charge is 0.493 e. The summed E-state index contributed by atoms with van der Waals surface area (Å²) in [5.41, 5.74) is 0.394. The van der Waals surface area contributed by atoms with Crippen molar-refractivity contribution in [2.45, 2.75) is 37.5 Å². The van der Waals surface area contributed by atoms with Gasteiger partial charge in [-0.15, -0.1) is 0 Å². The molecule has 2 unspecified atom stereocenters. The molecule has 4 atom stereocenters. The van der Waals surface area contributed by atoms with Crippen molar-refractivity contribution in [1.82, 2.24) is 10.2 Å². The first-order chi connectivity index (χ1) is 12.1. The molecule has 2 aliphatic carbocycles. The van der Waals surface area contributed by atoms with Gasteiger partial charge >= 0.3 is 6.03 Å². The van der Waals surface area contributed by atoms with Gasteiger partial charge in [0.1, 0.15) is 0 Å². The topological polar surface area (TPSA) is 60.0 Å². The van der Waals surface area contributed by atoms with Gasteiger partial charge in [-0.1, -0.05) is 0 Å². The number of benzene rings is 1. The zero-order valence-corrected chi connectivity index (χ0v) is 14.9. The Morgan fingerprint density at radius 3 is 2.76 bits per heavy atom. The molecule has 0 aromatic heterocycles. The fourth-order valence-corrected chi connectivity index (χ4v) is 4.92. The van der Waals surface area contributed by atoms with Crippen molar-refractivity contribution in [2.75, 3.05) is 21.3 Å². The molecule has 1 aromatic carbocycles. The maximum atomic E-state index is 12.6. The van der Waals surface area contributed by atoms with Crippen LogP contribution in [0.15, 0.2) is 12.1 Å². The molecule has 1 saturated heterocycles. The Morgan fingerprint density at radius 2 is 2.08 bits per heavy atom. The second-order valence-corrected chi connectivity index (χ2v) is 7.77. The molecule has 0 spiro atoms. The van der Waals surface area contributed by atoms with Gasteiger partial charge in [0, 0.05) is 24.9 Å². The minimum atomic E-state index is -0.576. The van der Waals surface area contributed by atoms with Crippen molar-refractivity contribution < 1.29 is 19.0 Å². The van der Waals surface area contributed by atoms with Crippen LogP contribution in [0, 0.1) is 17.8 Å². The standard InChI is InChI=1S/C19H24N2O4/c1-21-18(22)20-14-9-19(21,13-8-12(13)10-4-5-10)25-16-11(14)6-7-15(23-2)17(16)24-3/h6-7,10,12-14H,4-5,8-9H2,1-3H3,(H,20,22)/t12-,13+,14?,19?/m0/s1. The lowest BCUT2D eigenvalue weighted by molar-refractivity contribution is -0.109. The second kappa shape index (κ2) is 4.96. The Kier molecular flexibility index (Phi) is 3.01. The Labute approximate surface area is 147 Å². The number of carbonyl (C=O) groups is 1. The molecular formula is C19H24N2O4. The number of methoxy groups -OCH3 is 2. The molecule has 1 aromatic rings. The highest BCUT2D eigenvalue weighted by Gasteiger charge is 2.65. The first-order valence-corrected chi connectivity index (χ1v) is 9.07. The van der Waals surface area contributed by atoms with Crippen LogP contribution in [0.5, 0.6) is 17.2 Å². The molecule has 2 saturated carbocycles. The predicted octanol–water partition coefficient (Wildman–Crippen LogP) is 2.92. The Hall–Kier alpha value is -2.11. The number of nitrogens with one attached hydrogen (secondary N) is 1. The number of ether oxygens (including phenoxy) is 3. The van der Waals surface area contributed by atoms with Gasteiger partial charge < -0.3 is 19.5 Å². The molecule has 2 aliphatic heterocycles. The molecule has 6 nitrogen and oxygen atoms in total. The SMILES string of the molecule is COc1ccc2c(c1OC)OC1([C@@H]3C[C@H]3C3CC3)CC2NC(=O)N1C. The number of fused-ring (bicyclic) bond motifs is 4. The van der Waals surface area contributed by atoms with E-state index in [-0.39, 0.29) is 12.1 Å². The highest BCUT2D eigenvalue weighted by molar-refractivity contribution is 5.78. The third kappa shape index (κ3) is 1.99. The number of amides is 2. The van der Waals surface area contributed by atoms with E-state index in [4.69, 9.17) is 14.2 Å². The van der Waals surface area contributed by atoms with Crippen LogP contribution in [-0.4, -0.2) is 37.9 Å². The van der Waals surface area contributed by atoms with Crippen LogP contribution in [0.4, 0.5) is 4.79 Å². The van der Waals surface area contributed by atoms with Crippen molar-refractivity contribution in [3.05, 3.63) is 17.7 Å². The summed E-state index contributed by atoms with van der Waals surface area (Å²) in [4.78, 5) is 14.4. The van der Waals surface area contributed by atoms with Crippen LogP contribution < -0.4 is 19.5 Å². The third-order valence-electron chi connectivity index (χ3n) is 6.50. The summed E-state index contributed by atoms with van der Waals surface area (Å²) >= 11 is 0. The van der Waals surface area contributed by atoms with Crippen molar-refractivity contribution in [3.8, 4) is 17.2 Å². The monoisotopic (exact) mass is 344 g/mol. The van der Waals surface area contributed by atoms with E-state index in [1.165, 1.54) is 12.8 Å². The molecule has 2 heterocycles. The smallest absolute Gasteiger partial charge is 0.320 e. The summed E-state index contributed by atoms with van der Waals surface area (Å²) in [6.45, 7) is 0. The molecule has 3 fully saturated rings. The van der Waals surface area contributed by atoms with Gasteiger partial charge in [-0.2, -0.15) is 0 Å². The maximum absolute atomic E-state index is 12.6. The zero-order valence-electron chi connectivity index (χ0n) is 14.9. The van der Waals surface area contributed by atoms with Crippen LogP contribution in [0.1, 0.15) is 37.3 Å². The van der Waals surface area contributed by atoms with Crippen LogP contribution in [0.3, 0.4) is 0 Å². The summed E-state index contributed by atoms with van der Waals surface area (Å²) in [5, 5.41) is 3.12. The normalized spacial score (nSPS) is 35.4. The van der Waals surface area contributed by atoms with Gasteiger partial charge in [0.05, 0.1) is 20.3 Å². The third-order valence-corrected chi connectivity index (χ3v) is 6.50. The van der Waals surface area contributed by atoms with Gasteiger partial charge in [-0.25, -0.2) is 4.79 Å². The first kappa shape index (κ1) is 15.2. The van der Waals surface area contributed by atoms with Gasteiger partial charge in [-0.05, 0) is 43.2 Å². The molecule has 6 heteroatoms. The van der Waals surface area contributed by atoms with Crippen LogP contribution in [0.2, 0.25) is 0 Å². The summed E-state index contributed by atoms with van der Waals surface area (Å²) < 4.78 is 17.7. The molecule has 4 aliphatic rings. The van der Waals surface area contributed by atoms with Gasteiger partial charge in [0.25, 0.3) is 0 Å². The highest BCUT2D eigenvalue weighted by Crippen LogP contribution is 2.64. The average molecular weight is 344 g/mol. The minimum absolute atomic E-state index is 0.0484. The Bertz CT molecular complexity index is 747. The lowest BCUT2D eigenvalue weighted by Crippen LogP contribution is -2.66. The van der Waals surface area contributed by atoms with Crippen molar-refractivity contribution >= 4 is 6.03 Å². The van der Waals surface area contributed by atoms with Crippen LogP contribution in [0.25, 0.3) is 0 Å². The predicted molar refractivity (Wildman–Crippen MR) is 90.9 cm³/mol. The van der Waals surface area contributed by atoms with Crippen molar-refractivity contribution in [3.63, 3.8) is 0 Å². The lowest BCUT2D eigenvalue weighted by Gasteiger charge is -2.52. The maximum Gasteiger partial charge on any atom is 0.320 e. The number of nitrogens with zero attached hydrogens (tertiary/aromatic N) is 1. The number of urea groups is 1. The summed E-state index contributed by atoms with van der Waals surface area (Å²) in [7, 11) is 5.11. The zero-order chi connectivity index (χ0) is 17.3. The molecule has 134 valence electrons. The summed E-state index contributed by atoms with van der Waals surface area (Å²) in [5.74, 6) is 3.90. The molecule has 2 amide bonds. The lowest BCUT2D eigenvalue weighted by atomic mass is 9.85. The fourth-order valence-electron chi connectivity index (χ4n) is 4.92. The van der Waals surface area contributed by atoms with E-state index in [0.717, 1.165) is 24.3 Å². The molecule has 0 radical (unpaired) electrons. The Balaban J connectivity index is 1.61. The fraction of sp³-hybridized carbons (Fsp3) is 0.632. The Morgan fingerprint density at radius 1 is 1.28 bits per heavy atom. The molecule has 25 heavy (non-hydrogen) atoms. The van der Waals surface area contributed by atoms with E-state index < -0.39 is 5.72 Å². The van der Waals surface area contributed by atoms with E-state index in [2.05, 4.69) is 5.32 Å². The number of rotatable bonds is 4. The van der Waals surface area contributed by atoms with Gasteiger partial charge in [-0.3, -0.25) is 4.90 Å². The number of hydrogen-bond donors (Lipinski definition) is 1. The van der Waals surface area contributed by atoms with E-state index in [0.29, 0.717) is 29.1 Å². The van der Waals surface area contributed by atoms with E-state index in [1.54, 1.807) is 19.1 Å².